The maximum atomic E-state index is 11.4. The molecule has 1 aromatic carbocycles. The van der Waals surface area contributed by atoms with Gasteiger partial charge >= 0.3 is 5.63 Å². The molecule has 0 spiro atoms. The topological polar surface area (TPSA) is 89.1 Å². The predicted molar refractivity (Wildman–Crippen MR) is 74.2 cm³/mol. The molecule has 3 rings (SSSR count). The van der Waals surface area contributed by atoms with Crippen LogP contribution in [-0.2, 0) is 4.74 Å². The summed E-state index contributed by atoms with van der Waals surface area (Å²) in [5.74, 6) is 0.427. The first-order valence-electron chi connectivity index (χ1n) is 6.72. The van der Waals surface area contributed by atoms with Crippen molar-refractivity contribution in [2.24, 2.45) is 0 Å². The Balaban J connectivity index is 1.86. The molecular weight excluding hydrogens is 276 g/mol. The van der Waals surface area contributed by atoms with Crippen molar-refractivity contribution in [3.05, 3.63) is 40.2 Å². The van der Waals surface area contributed by atoms with Crippen LogP contribution in [0.4, 0.5) is 0 Å². The minimum Gasteiger partial charge on any atom is -0.462 e. The normalized spacial score (nSPS) is 26.0. The molecule has 2 N–H and O–H groups in total. The molecule has 1 aliphatic heterocycles. The standard InChI is InChI=1S/C15H16O6/c1-8-4-14(18)21-13-6-10(2-3-11(8)13)20-15-12(17)5-9(16)7-19-15/h2-4,6,9,12,15-17H,5,7H2,1H3/t9-,12?,15+/m1/s1. The number of aliphatic hydroxyl groups is 2. The molecule has 1 fully saturated rings. The van der Waals surface area contributed by atoms with Gasteiger partial charge in [-0.25, -0.2) is 4.79 Å². The van der Waals surface area contributed by atoms with E-state index in [1.807, 2.05) is 6.92 Å². The summed E-state index contributed by atoms with van der Waals surface area (Å²) in [6.45, 7) is 1.94. The Morgan fingerprint density at radius 1 is 1.29 bits per heavy atom. The SMILES string of the molecule is Cc1cc(=O)oc2cc(O[C@@H]3OC[C@H](O)CC3O)ccc12. The van der Waals surface area contributed by atoms with Crippen molar-refractivity contribution in [3.63, 3.8) is 0 Å². The third kappa shape index (κ3) is 2.92. The molecule has 1 aromatic heterocycles. The van der Waals surface area contributed by atoms with Crippen LogP contribution in [0.25, 0.3) is 11.0 Å². The zero-order valence-corrected chi connectivity index (χ0v) is 11.5. The fraction of sp³-hybridized carbons (Fsp3) is 0.400. The van der Waals surface area contributed by atoms with Crippen molar-refractivity contribution in [1.82, 2.24) is 0 Å². The molecule has 1 unspecified atom stereocenters. The number of rotatable bonds is 2. The molecule has 6 heteroatoms. The molecule has 2 aromatic rings. The molecule has 0 aliphatic carbocycles. The first-order chi connectivity index (χ1) is 10.0. The van der Waals surface area contributed by atoms with Crippen LogP contribution < -0.4 is 10.4 Å². The fourth-order valence-electron chi connectivity index (χ4n) is 2.40. The van der Waals surface area contributed by atoms with Gasteiger partial charge in [-0.15, -0.1) is 0 Å². The van der Waals surface area contributed by atoms with Crippen molar-refractivity contribution >= 4 is 11.0 Å². The molecule has 112 valence electrons. The van der Waals surface area contributed by atoms with Gasteiger partial charge in [-0.2, -0.15) is 0 Å². The summed E-state index contributed by atoms with van der Waals surface area (Å²) in [5.41, 5.74) is 0.821. The van der Waals surface area contributed by atoms with Crippen LogP contribution in [0.2, 0.25) is 0 Å². The van der Waals surface area contributed by atoms with E-state index >= 15 is 0 Å². The summed E-state index contributed by atoms with van der Waals surface area (Å²) in [6.07, 6.45) is -2.24. The van der Waals surface area contributed by atoms with E-state index < -0.39 is 24.1 Å². The van der Waals surface area contributed by atoms with Gasteiger partial charge in [0, 0.05) is 23.9 Å². The van der Waals surface area contributed by atoms with Crippen molar-refractivity contribution in [3.8, 4) is 5.75 Å². The van der Waals surface area contributed by atoms with E-state index in [1.165, 1.54) is 6.07 Å². The number of fused-ring (bicyclic) bond motifs is 1. The summed E-state index contributed by atoms with van der Waals surface area (Å²) >= 11 is 0. The van der Waals surface area contributed by atoms with Crippen LogP contribution >= 0.6 is 0 Å². The number of aliphatic hydroxyl groups excluding tert-OH is 2. The third-order valence-corrected chi connectivity index (χ3v) is 3.46. The highest BCUT2D eigenvalue weighted by Gasteiger charge is 2.30. The van der Waals surface area contributed by atoms with Crippen molar-refractivity contribution in [2.75, 3.05) is 6.61 Å². The second kappa shape index (κ2) is 5.48. The molecule has 0 amide bonds. The Hall–Kier alpha value is -1.89. The van der Waals surface area contributed by atoms with Crippen LogP contribution in [0.3, 0.4) is 0 Å². The number of aryl methyl sites for hydroxylation is 1. The molecule has 3 atom stereocenters. The number of hydrogen-bond donors (Lipinski definition) is 2. The smallest absolute Gasteiger partial charge is 0.336 e. The van der Waals surface area contributed by atoms with Crippen LogP contribution in [0, 0.1) is 6.92 Å². The highest BCUT2D eigenvalue weighted by Crippen LogP contribution is 2.25. The molecule has 0 saturated carbocycles. The van der Waals surface area contributed by atoms with Gasteiger partial charge in [-0.1, -0.05) is 0 Å². The summed E-state index contributed by atoms with van der Waals surface area (Å²) < 4.78 is 15.9. The average molecular weight is 292 g/mol. The van der Waals surface area contributed by atoms with E-state index in [-0.39, 0.29) is 13.0 Å². The fourth-order valence-corrected chi connectivity index (χ4v) is 2.40. The number of ether oxygens (including phenoxy) is 2. The lowest BCUT2D eigenvalue weighted by molar-refractivity contribution is -0.198. The second-order valence-electron chi connectivity index (χ2n) is 5.18. The lowest BCUT2D eigenvalue weighted by Crippen LogP contribution is -2.44. The summed E-state index contributed by atoms with van der Waals surface area (Å²) in [6, 6.07) is 6.52. The molecule has 0 bridgehead atoms. The highest BCUT2D eigenvalue weighted by atomic mass is 16.7. The predicted octanol–water partition coefficient (Wildman–Crippen LogP) is 0.948. The van der Waals surface area contributed by atoms with Gasteiger partial charge in [0.2, 0.25) is 6.29 Å². The van der Waals surface area contributed by atoms with E-state index in [2.05, 4.69) is 0 Å². The van der Waals surface area contributed by atoms with Gasteiger partial charge in [-0.3, -0.25) is 0 Å². The van der Waals surface area contributed by atoms with E-state index in [4.69, 9.17) is 13.9 Å². The minimum absolute atomic E-state index is 0.115. The van der Waals surface area contributed by atoms with E-state index in [0.29, 0.717) is 11.3 Å². The molecule has 2 heterocycles. The number of hydrogen-bond acceptors (Lipinski definition) is 6. The van der Waals surface area contributed by atoms with E-state index in [1.54, 1.807) is 18.2 Å². The van der Waals surface area contributed by atoms with Gasteiger partial charge in [0.1, 0.15) is 17.4 Å². The quantitative estimate of drug-likeness (QED) is 0.801. The first kappa shape index (κ1) is 14.1. The maximum Gasteiger partial charge on any atom is 0.336 e. The Morgan fingerprint density at radius 3 is 2.86 bits per heavy atom. The Bertz CT molecular complexity index is 707. The van der Waals surface area contributed by atoms with Crippen LogP contribution in [0.15, 0.2) is 33.5 Å². The monoisotopic (exact) mass is 292 g/mol. The van der Waals surface area contributed by atoms with Crippen molar-refractivity contribution in [2.45, 2.75) is 31.8 Å². The van der Waals surface area contributed by atoms with Crippen LogP contribution in [0.5, 0.6) is 5.75 Å². The maximum absolute atomic E-state index is 11.4. The Kier molecular flexibility index (Phi) is 3.67. The first-order valence-corrected chi connectivity index (χ1v) is 6.72. The zero-order chi connectivity index (χ0) is 15.0. The van der Waals surface area contributed by atoms with Crippen molar-refractivity contribution < 1.29 is 24.1 Å². The molecular formula is C15H16O6. The molecule has 1 saturated heterocycles. The lowest BCUT2D eigenvalue weighted by atomic mass is 10.1. The molecule has 21 heavy (non-hydrogen) atoms. The zero-order valence-electron chi connectivity index (χ0n) is 11.5. The molecule has 6 nitrogen and oxygen atoms in total. The summed E-state index contributed by atoms with van der Waals surface area (Å²) in [7, 11) is 0. The van der Waals surface area contributed by atoms with Crippen LogP contribution in [0.1, 0.15) is 12.0 Å². The van der Waals surface area contributed by atoms with Gasteiger partial charge in [-0.05, 0) is 24.6 Å². The van der Waals surface area contributed by atoms with Gasteiger partial charge in [0.15, 0.2) is 0 Å². The van der Waals surface area contributed by atoms with Gasteiger partial charge < -0.3 is 24.1 Å². The van der Waals surface area contributed by atoms with E-state index in [0.717, 1.165) is 10.9 Å². The minimum atomic E-state index is -0.908. The van der Waals surface area contributed by atoms with Gasteiger partial charge in [0.25, 0.3) is 0 Å². The summed E-state index contributed by atoms with van der Waals surface area (Å²) in [5, 5.41) is 20.0. The number of benzene rings is 1. The van der Waals surface area contributed by atoms with Crippen LogP contribution in [-0.4, -0.2) is 35.3 Å². The highest BCUT2D eigenvalue weighted by molar-refractivity contribution is 5.81. The third-order valence-electron chi connectivity index (χ3n) is 3.46. The average Bonchev–Trinajstić information content (AvgIpc) is 2.41. The molecule has 1 aliphatic rings. The largest absolute Gasteiger partial charge is 0.462 e. The summed E-state index contributed by atoms with van der Waals surface area (Å²) in [4.78, 5) is 11.4. The molecule has 0 radical (unpaired) electrons. The Morgan fingerprint density at radius 2 is 2.10 bits per heavy atom. The Labute approximate surface area is 120 Å². The van der Waals surface area contributed by atoms with Crippen molar-refractivity contribution in [1.29, 1.82) is 0 Å². The lowest BCUT2D eigenvalue weighted by Gasteiger charge is -2.31. The van der Waals surface area contributed by atoms with Gasteiger partial charge in [0.05, 0.1) is 12.7 Å². The van der Waals surface area contributed by atoms with E-state index in [9.17, 15) is 15.0 Å². The second-order valence-corrected chi connectivity index (χ2v) is 5.18.